The fourth-order valence-corrected chi connectivity index (χ4v) is 3.12. The van der Waals surface area contributed by atoms with Crippen LogP contribution in [0.1, 0.15) is 34.7 Å². The van der Waals surface area contributed by atoms with Gasteiger partial charge >= 0.3 is 0 Å². The summed E-state index contributed by atoms with van der Waals surface area (Å²) in [5.74, 6) is -0.638. The lowest BCUT2D eigenvalue weighted by atomic mass is 9.95. The first-order chi connectivity index (χ1) is 9.60. The normalized spacial score (nSPS) is 17.3. The highest BCUT2D eigenvalue weighted by atomic mass is 35.5. The fourth-order valence-electron chi connectivity index (χ4n) is 2.63. The van der Waals surface area contributed by atoms with E-state index in [1.165, 1.54) is 6.07 Å². The number of nitrogens with zero attached hydrogens (tertiary/aromatic N) is 2. The van der Waals surface area contributed by atoms with Crippen LogP contribution in [0.2, 0.25) is 10.4 Å². The lowest BCUT2D eigenvalue weighted by Crippen LogP contribution is -2.04. The molecule has 1 heterocycles. The van der Waals surface area contributed by atoms with Gasteiger partial charge < -0.3 is 0 Å². The number of hydrogen-bond donors (Lipinski definition) is 0. The first kappa shape index (κ1) is 13.7. The Hall–Kier alpha value is -1.26. The zero-order valence-corrected chi connectivity index (χ0v) is 11.8. The maximum atomic E-state index is 14.1. The van der Waals surface area contributed by atoms with Crippen molar-refractivity contribution in [3.63, 3.8) is 0 Å². The third-order valence-corrected chi connectivity index (χ3v) is 4.05. The number of halogens is 4. The standard InChI is InChI=1S/C14H10Cl2F2N2/c15-13-10-4-3-9(12(10)19-14(16)20-13)8-2-1-7(6-17)5-11(8)18/h1-2,5,9H,3-4,6H2. The molecule has 0 saturated heterocycles. The predicted molar refractivity (Wildman–Crippen MR) is 73.4 cm³/mol. The topological polar surface area (TPSA) is 25.8 Å². The molecule has 2 aromatic rings. The van der Waals surface area contributed by atoms with Crippen molar-refractivity contribution in [2.75, 3.05) is 0 Å². The largest absolute Gasteiger partial charge is 0.246 e. The average Bonchev–Trinajstić information content (AvgIpc) is 2.82. The van der Waals surface area contributed by atoms with E-state index in [4.69, 9.17) is 23.2 Å². The lowest BCUT2D eigenvalue weighted by molar-refractivity contribution is 0.481. The van der Waals surface area contributed by atoms with Crippen LogP contribution in [0, 0.1) is 5.82 Å². The summed E-state index contributed by atoms with van der Waals surface area (Å²) >= 11 is 11.9. The van der Waals surface area contributed by atoms with Gasteiger partial charge in [0, 0.05) is 11.5 Å². The highest BCUT2D eigenvalue weighted by molar-refractivity contribution is 6.32. The molecule has 3 rings (SSSR count). The van der Waals surface area contributed by atoms with E-state index in [1.54, 1.807) is 12.1 Å². The van der Waals surface area contributed by atoms with Gasteiger partial charge in [0.05, 0.1) is 5.69 Å². The van der Waals surface area contributed by atoms with Crippen molar-refractivity contribution in [2.24, 2.45) is 0 Å². The van der Waals surface area contributed by atoms with Gasteiger partial charge in [-0.25, -0.2) is 18.7 Å². The molecule has 1 aliphatic rings. The quantitative estimate of drug-likeness (QED) is 0.603. The highest BCUT2D eigenvalue weighted by Crippen LogP contribution is 2.40. The number of fused-ring (bicyclic) bond motifs is 1. The van der Waals surface area contributed by atoms with Crippen LogP contribution in [-0.4, -0.2) is 9.97 Å². The van der Waals surface area contributed by atoms with E-state index in [-0.39, 0.29) is 11.2 Å². The minimum absolute atomic E-state index is 0.0569. The second kappa shape index (κ2) is 5.26. The zero-order chi connectivity index (χ0) is 14.3. The lowest BCUT2D eigenvalue weighted by Gasteiger charge is -2.13. The summed E-state index contributed by atoms with van der Waals surface area (Å²) < 4.78 is 26.6. The summed E-state index contributed by atoms with van der Waals surface area (Å²) in [7, 11) is 0. The van der Waals surface area contributed by atoms with E-state index in [0.29, 0.717) is 34.8 Å². The van der Waals surface area contributed by atoms with Crippen LogP contribution in [0.3, 0.4) is 0 Å². The molecular formula is C14H10Cl2F2N2. The summed E-state index contributed by atoms with van der Waals surface area (Å²) in [4.78, 5) is 8.08. The molecule has 6 heteroatoms. The van der Waals surface area contributed by atoms with E-state index in [1.807, 2.05) is 0 Å². The number of benzene rings is 1. The summed E-state index contributed by atoms with van der Waals surface area (Å²) in [5, 5.41) is 0.379. The molecule has 0 amide bonds. The van der Waals surface area contributed by atoms with Crippen LogP contribution >= 0.6 is 23.2 Å². The Morgan fingerprint density at radius 1 is 1.25 bits per heavy atom. The van der Waals surface area contributed by atoms with Crippen LogP contribution in [0.4, 0.5) is 8.78 Å². The van der Waals surface area contributed by atoms with Gasteiger partial charge in [0.15, 0.2) is 0 Å². The van der Waals surface area contributed by atoms with Crippen LogP contribution < -0.4 is 0 Å². The molecule has 0 aliphatic heterocycles. The van der Waals surface area contributed by atoms with Crippen molar-refractivity contribution in [1.29, 1.82) is 0 Å². The van der Waals surface area contributed by atoms with Gasteiger partial charge in [0.1, 0.15) is 17.6 Å². The van der Waals surface area contributed by atoms with E-state index < -0.39 is 12.5 Å². The van der Waals surface area contributed by atoms with E-state index in [2.05, 4.69) is 9.97 Å². The molecule has 20 heavy (non-hydrogen) atoms. The van der Waals surface area contributed by atoms with E-state index >= 15 is 0 Å². The SMILES string of the molecule is FCc1ccc(C2CCc3c(Cl)nc(Cl)nc32)c(F)c1. The maximum Gasteiger partial charge on any atom is 0.224 e. The Kier molecular flexibility index (Phi) is 3.61. The van der Waals surface area contributed by atoms with Gasteiger partial charge in [0.2, 0.25) is 5.28 Å². The molecule has 0 saturated carbocycles. The van der Waals surface area contributed by atoms with Crippen molar-refractivity contribution in [1.82, 2.24) is 9.97 Å². The third-order valence-electron chi connectivity index (χ3n) is 3.57. The molecule has 1 unspecified atom stereocenters. The number of aromatic nitrogens is 2. The molecular weight excluding hydrogens is 305 g/mol. The number of rotatable bonds is 2. The minimum Gasteiger partial charge on any atom is -0.246 e. The monoisotopic (exact) mass is 314 g/mol. The van der Waals surface area contributed by atoms with Crippen molar-refractivity contribution >= 4 is 23.2 Å². The van der Waals surface area contributed by atoms with Gasteiger partial charge in [-0.2, -0.15) is 0 Å². The van der Waals surface area contributed by atoms with E-state index in [9.17, 15) is 8.78 Å². The predicted octanol–water partition coefficient (Wildman–Crippen LogP) is 4.47. The first-order valence-electron chi connectivity index (χ1n) is 6.16. The molecule has 1 atom stereocenters. The van der Waals surface area contributed by atoms with Gasteiger partial charge in [-0.15, -0.1) is 0 Å². The molecule has 1 aromatic carbocycles. The van der Waals surface area contributed by atoms with Crippen LogP contribution in [0.15, 0.2) is 18.2 Å². The Morgan fingerprint density at radius 2 is 2.05 bits per heavy atom. The smallest absolute Gasteiger partial charge is 0.224 e. The molecule has 104 valence electrons. The molecule has 0 radical (unpaired) electrons. The second-order valence-corrected chi connectivity index (χ2v) is 5.42. The van der Waals surface area contributed by atoms with Crippen molar-refractivity contribution in [3.05, 3.63) is 56.8 Å². The summed E-state index contributed by atoms with van der Waals surface area (Å²) in [6, 6.07) is 4.41. The summed E-state index contributed by atoms with van der Waals surface area (Å²) in [6.07, 6.45) is 1.37. The molecule has 0 fully saturated rings. The zero-order valence-electron chi connectivity index (χ0n) is 10.3. The molecule has 0 N–H and O–H groups in total. The molecule has 1 aliphatic carbocycles. The number of alkyl halides is 1. The summed E-state index contributed by atoms with van der Waals surface area (Å²) in [5.41, 5.74) is 2.30. The highest BCUT2D eigenvalue weighted by Gasteiger charge is 2.30. The van der Waals surface area contributed by atoms with E-state index in [0.717, 1.165) is 5.56 Å². The van der Waals surface area contributed by atoms with Crippen molar-refractivity contribution < 1.29 is 8.78 Å². The molecule has 1 aromatic heterocycles. The first-order valence-corrected chi connectivity index (χ1v) is 6.92. The minimum atomic E-state index is -0.682. The van der Waals surface area contributed by atoms with Gasteiger partial charge in [-0.3, -0.25) is 0 Å². The number of hydrogen-bond acceptors (Lipinski definition) is 2. The Morgan fingerprint density at radius 3 is 2.75 bits per heavy atom. The van der Waals surface area contributed by atoms with Gasteiger partial charge in [-0.05, 0) is 41.6 Å². The molecule has 0 spiro atoms. The van der Waals surface area contributed by atoms with Crippen LogP contribution in [0.5, 0.6) is 0 Å². The molecule has 2 nitrogen and oxygen atoms in total. The van der Waals surface area contributed by atoms with Crippen LogP contribution in [0.25, 0.3) is 0 Å². The molecule has 0 bridgehead atoms. The van der Waals surface area contributed by atoms with Crippen molar-refractivity contribution in [3.8, 4) is 0 Å². The Labute approximate surface area is 124 Å². The maximum absolute atomic E-state index is 14.1. The average molecular weight is 315 g/mol. The van der Waals surface area contributed by atoms with Crippen LogP contribution in [-0.2, 0) is 13.1 Å². The van der Waals surface area contributed by atoms with Gasteiger partial charge in [0.25, 0.3) is 0 Å². The second-order valence-electron chi connectivity index (χ2n) is 4.73. The summed E-state index contributed by atoms with van der Waals surface area (Å²) in [6.45, 7) is -0.682. The van der Waals surface area contributed by atoms with Crippen molar-refractivity contribution in [2.45, 2.75) is 25.4 Å². The van der Waals surface area contributed by atoms with Gasteiger partial charge in [-0.1, -0.05) is 23.7 Å². The Balaban J connectivity index is 2.07. The third kappa shape index (κ3) is 2.27. The fraction of sp³-hybridized carbons (Fsp3) is 0.286. The Bertz CT molecular complexity index is 676.